The number of aliphatic carboxylic acids is 1. The van der Waals surface area contributed by atoms with Crippen molar-refractivity contribution in [2.75, 3.05) is 13.2 Å². The standard InChI is InChI=1S/C35H54O8/c1-19-9-14-35(30(40)41)16-15-33(5)21(26(35)20(19)2)7-8-24-31(3)12-11-25(43-29-28(39)27(38)22(37)17-42-29)32(4,18-36)23(31)10-13-34(24,33)6/h7,20,22-29,36-39H,1,8-18H2,2-6H3,(H,40,41)/t20-,22-,23?,24+,25-,26-,27-,28+,29-,31-,32?,33+,34+,35-/m0/s1. The molecule has 0 bridgehead atoms. The van der Waals surface area contributed by atoms with Crippen LogP contribution in [-0.4, -0.2) is 75.4 Å². The van der Waals surface area contributed by atoms with Crippen LogP contribution in [0, 0.1) is 50.7 Å². The Morgan fingerprint density at radius 3 is 2.42 bits per heavy atom. The fourth-order valence-electron chi connectivity index (χ4n) is 11.9. The monoisotopic (exact) mass is 602 g/mol. The van der Waals surface area contributed by atoms with Crippen molar-refractivity contribution in [2.24, 2.45) is 50.7 Å². The predicted molar refractivity (Wildman–Crippen MR) is 161 cm³/mol. The largest absolute Gasteiger partial charge is 0.481 e. The maximum atomic E-state index is 12.9. The summed E-state index contributed by atoms with van der Waals surface area (Å²) in [7, 11) is 0. The lowest BCUT2D eigenvalue weighted by Crippen LogP contribution is -2.66. The van der Waals surface area contributed by atoms with Crippen molar-refractivity contribution in [3.63, 3.8) is 0 Å². The molecule has 242 valence electrons. The van der Waals surface area contributed by atoms with Crippen LogP contribution in [0.5, 0.6) is 0 Å². The Kier molecular flexibility index (Phi) is 7.63. The number of allylic oxidation sites excluding steroid dienone is 3. The Bertz CT molecular complexity index is 1180. The van der Waals surface area contributed by atoms with E-state index < -0.39 is 41.4 Å². The zero-order chi connectivity index (χ0) is 31.3. The average molecular weight is 603 g/mol. The van der Waals surface area contributed by atoms with Crippen LogP contribution >= 0.6 is 0 Å². The number of ether oxygens (including phenoxy) is 2. The van der Waals surface area contributed by atoms with Crippen LogP contribution in [0.3, 0.4) is 0 Å². The van der Waals surface area contributed by atoms with Crippen molar-refractivity contribution < 1.29 is 39.8 Å². The maximum absolute atomic E-state index is 12.9. The normalized spacial score (nSPS) is 54.9. The van der Waals surface area contributed by atoms with Crippen molar-refractivity contribution in [3.8, 4) is 0 Å². The Hall–Kier alpha value is -1.29. The van der Waals surface area contributed by atoms with Crippen molar-refractivity contribution in [1.29, 1.82) is 0 Å². The second-order valence-electron chi connectivity index (χ2n) is 16.3. The van der Waals surface area contributed by atoms with Gasteiger partial charge in [-0.25, -0.2) is 0 Å². The van der Waals surface area contributed by atoms with Gasteiger partial charge in [-0.3, -0.25) is 4.79 Å². The van der Waals surface area contributed by atoms with Gasteiger partial charge in [0.25, 0.3) is 0 Å². The van der Waals surface area contributed by atoms with Gasteiger partial charge in [0, 0.05) is 11.3 Å². The van der Waals surface area contributed by atoms with E-state index in [1.54, 1.807) is 0 Å². The summed E-state index contributed by atoms with van der Waals surface area (Å²) in [5.74, 6) is 0.0221. The van der Waals surface area contributed by atoms with Crippen molar-refractivity contribution in [2.45, 2.75) is 123 Å². The van der Waals surface area contributed by atoms with E-state index in [0.29, 0.717) is 25.2 Å². The summed E-state index contributed by atoms with van der Waals surface area (Å²) >= 11 is 0. The van der Waals surface area contributed by atoms with Gasteiger partial charge in [0.1, 0.15) is 18.3 Å². The molecule has 2 unspecified atom stereocenters. The third-order valence-electron chi connectivity index (χ3n) is 14.8. The number of rotatable bonds is 4. The Labute approximate surface area is 256 Å². The molecule has 1 heterocycles. The van der Waals surface area contributed by atoms with Gasteiger partial charge in [0.05, 0.1) is 24.7 Å². The van der Waals surface area contributed by atoms with Gasteiger partial charge in [-0.2, -0.15) is 0 Å². The second kappa shape index (κ2) is 10.4. The van der Waals surface area contributed by atoms with Crippen molar-refractivity contribution in [1.82, 2.24) is 0 Å². The van der Waals surface area contributed by atoms with E-state index in [1.807, 2.05) is 0 Å². The molecule has 43 heavy (non-hydrogen) atoms. The molecule has 1 saturated heterocycles. The van der Waals surface area contributed by atoms with Gasteiger partial charge >= 0.3 is 5.97 Å². The highest BCUT2D eigenvalue weighted by atomic mass is 16.7. The number of aliphatic hydroxyl groups is 4. The van der Waals surface area contributed by atoms with E-state index in [2.05, 4.69) is 47.3 Å². The minimum absolute atomic E-state index is 0.0154. The first kappa shape index (κ1) is 31.7. The smallest absolute Gasteiger partial charge is 0.310 e. The molecule has 0 radical (unpaired) electrons. The molecule has 5 fully saturated rings. The Morgan fingerprint density at radius 2 is 1.74 bits per heavy atom. The van der Waals surface area contributed by atoms with Crippen LogP contribution in [0.4, 0.5) is 0 Å². The highest BCUT2D eigenvalue weighted by molar-refractivity contribution is 5.77. The molecule has 4 saturated carbocycles. The van der Waals surface area contributed by atoms with Crippen LogP contribution in [0.25, 0.3) is 0 Å². The molecular formula is C35H54O8. The molecule has 0 amide bonds. The molecule has 0 aromatic carbocycles. The average Bonchev–Trinajstić information content (AvgIpc) is 2.96. The summed E-state index contributed by atoms with van der Waals surface area (Å²) in [5, 5.41) is 52.3. The molecule has 5 N–H and O–H groups in total. The molecule has 8 heteroatoms. The first-order chi connectivity index (χ1) is 20.1. The first-order valence-corrected chi connectivity index (χ1v) is 16.6. The van der Waals surface area contributed by atoms with E-state index >= 15 is 0 Å². The Morgan fingerprint density at radius 1 is 1.02 bits per heavy atom. The summed E-state index contributed by atoms with van der Waals surface area (Å²) in [5.41, 5.74) is 1.06. The van der Waals surface area contributed by atoms with Crippen molar-refractivity contribution in [3.05, 3.63) is 23.8 Å². The third-order valence-corrected chi connectivity index (χ3v) is 14.8. The van der Waals surface area contributed by atoms with E-state index in [1.165, 1.54) is 11.1 Å². The summed E-state index contributed by atoms with van der Waals surface area (Å²) in [6, 6.07) is 0. The Balaban J connectivity index is 1.33. The number of carboxylic acids is 1. The molecule has 5 aliphatic carbocycles. The van der Waals surface area contributed by atoms with Gasteiger partial charge < -0.3 is 35.0 Å². The zero-order valence-electron chi connectivity index (χ0n) is 26.7. The lowest BCUT2D eigenvalue weighted by atomic mass is 9.33. The third kappa shape index (κ3) is 4.12. The summed E-state index contributed by atoms with van der Waals surface area (Å²) in [6.07, 6.45) is 4.61. The van der Waals surface area contributed by atoms with E-state index in [-0.39, 0.29) is 53.3 Å². The lowest BCUT2D eigenvalue weighted by molar-refractivity contribution is -0.312. The fraction of sp³-hybridized carbons (Fsp3) is 0.857. The molecule has 14 atom stereocenters. The SMILES string of the molecule is C=C1CC[C@]2(C(=O)O)CC[C@]3(C)C(=CC[C@@H]4[C@@]5(C)CC[C@H](O[C@@H]6OC[C@H](O)[C@H](O)[C@H]6O)C(C)(CO)C5CC[C@]43C)[C@@H]2[C@H]1C. The highest BCUT2D eigenvalue weighted by Crippen LogP contribution is 2.75. The molecule has 0 aromatic rings. The van der Waals surface area contributed by atoms with E-state index in [0.717, 1.165) is 38.5 Å². The fourth-order valence-corrected chi connectivity index (χ4v) is 11.9. The van der Waals surface area contributed by atoms with Crippen molar-refractivity contribution >= 4 is 5.97 Å². The number of carbonyl (C=O) groups is 1. The zero-order valence-corrected chi connectivity index (χ0v) is 26.7. The topological polar surface area (TPSA) is 137 Å². The molecule has 6 aliphatic rings. The molecule has 8 nitrogen and oxygen atoms in total. The number of hydrogen-bond acceptors (Lipinski definition) is 7. The number of fused-ring (bicyclic) bond motifs is 7. The summed E-state index contributed by atoms with van der Waals surface area (Å²) in [6.45, 7) is 15.8. The highest BCUT2D eigenvalue weighted by Gasteiger charge is 2.70. The number of hydrogen-bond donors (Lipinski definition) is 5. The lowest BCUT2D eigenvalue weighted by Gasteiger charge is -2.71. The quantitative estimate of drug-likeness (QED) is 0.235. The number of carboxylic acid groups (broad SMARTS) is 1. The molecular weight excluding hydrogens is 548 g/mol. The second-order valence-corrected chi connectivity index (χ2v) is 16.3. The predicted octanol–water partition coefficient (Wildman–Crippen LogP) is 4.45. The summed E-state index contributed by atoms with van der Waals surface area (Å²) in [4.78, 5) is 12.9. The minimum Gasteiger partial charge on any atom is -0.481 e. The van der Waals surface area contributed by atoms with Gasteiger partial charge in [0.15, 0.2) is 6.29 Å². The van der Waals surface area contributed by atoms with E-state index in [4.69, 9.17) is 9.47 Å². The van der Waals surface area contributed by atoms with Crippen LogP contribution < -0.4 is 0 Å². The number of aliphatic hydroxyl groups excluding tert-OH is 4. The van der Waals surface area contributed by atoms with Crippen LogP contribution in [0.15, 0.2) is 23.8 Å². The minimum atomic E-state index is -1.36. The van der Waals surface area contributed by atoms with Gasteiger partial charge in [-0.05, 0) is 91.8 Å². The summed E-state index contributed by atoms with van der Waals surface area (Å²) < 4.78 is 12.0. The molecule has 0 aromatic heterocycles. The van der Waals surface area contributed by atoms with Crippen LogP contribution in [0.1, 0.15) is 92.4 Å². The maximum Gasteiger partial charge on any atom is 0.310 e. The van der Waals surface area contributed by atoms with Crippen LogP contribution in [-0.2, 0) is 14.3 Å². The van der Waals surface area contributed by atoms with Gasteiger partial charge in [-0.15, -0.1) is 0 Å². The van der Waals surface area contributed by atoms with Gasteiger partial charge in [0.2, 0.25) is 0 Å². The first-order valence-electron chi connectivity index (χ1n) is 16.6. The van der Waals surface area contributed by atoms with Gasteiger partial charge in [-0.1, -0.05) is 58.4 Å². The molecule has 6 rings (SSSR count). The van der Waals surface area contributed by atoms with E-state index in [9.17, 15) is 30.3 Å². The molecule has 0 spiro atoms. The molecule has 1 aliphatic heterocycles. The van der Waals surface area contributed by atoms with Crippen LogP contribution in [0.2, 0.25) is 0 Å².